The van der Waals surface area contributed by atoms with Gasteiger partial charge in [-0.1, -0.05) is 12.8 Å². The molecule has 5 nitrogen and oxygen atoms in total. The molecule has 0 aliphatic heterocycles. The van der Waals surface area contributed by atoms with E-state index in [9.17, 15) is 9.59 Å². The summed E-state index contributed by atoms with van der Waals surface area (Å²) in [4.78, 5) is 26.7. The molecule has 0 bridgehead atoms. The van der Waals surface area contributed by atoms with Gasteiger partial charge in [0.2, 0.25) is 5.91 Å². The van der Waals surface area contributed by atoms with Crippen molar-refractivity contribution in [3.63, 3.8) is 0 Å². The Morgan fingerprint density at radius 3 is 2.63 bits per heavy atom. The van der Waals surface area contributed by atoms with Crippen molar-refractivity contribution in [1.29, 1.82) is 0 Å². The molecule has 0 aromatic carbocycles. The standard InChI is InChI=1S/C13H16N2O3S/c16-12(11-7-3-1-2-4-8(7)11)14-5-10-15-9(6-19-10)13(17)18/h6-8,11H,1-5H2,(H,14,16)(H,17,18)/t7-,8+,11?. The molecule has 2 N–H and O–H groups in total. The van der Waals surface area contributed by atoms with Crippen LogP contribution in [0.25, 0.3) is 0 Å². The number of aromatic nitrogens is 1. The number of nitrogens with one attached hydrogen (secondary N) is 1. The summed E-state index contributed by atoms with van der Waals surface area (Å²) in [6, 6.07) is 0. The normalized spacial score (nSPS) is 28.5. The number of nitrogens with zero attached hydrogens (tertiary/aromatic N) is 1. The maximum atomic E-state index is 12.0. The summed E-state index contributed by atoms with van der Waals surface area (Å²) >= 11 is 1.27. The summed E-state index contributed by atoms with van der Waals surface area (Å²) in [5, 5.41) is 13.8. The first-order chi connectivity index (χ1) is 9.16. The predicted molar refractivity (Wildman–Crippen MR) is 69.9 cm³/mol. The average molecular weight is 280 g/mol. The molecule has 0 spiro atoms. The van der Waals surface area contributed by atoms with E-state index in [1.807, 2.05) is 0 Å². The Balaban J connectivity index is 1.52. The molecule has 3 atom stereocenters. The Morgan fingerprint density at radius 2 is 2.05 bits per heavy atom. The van der Waals surface area contributed by atoms with Gasteiger partial charge in [0.05, 0.1) is 6.54 Å². The molecule has 19 heavy (non-hydrogen) atoms. The number of thiazole rings is 1. The average Bonchev–Trinajstić information content (AvgIpc) is 2.93. The molecular formula is C13H16N2O3S. The van der Waals surface area contributed by atoms with Crippen LogP contribution in [0.3, 0.4) is 0 Å². The van der Waals surface area contributed by atoms with Crippen LogP contribution in [0.5, 0.6) is 0 Å². The largest absolute Gasteiger partial charge is 0.476 e. The van der Waals surface area contributed by atoms with E-state index >= 15 is 0 Å². The zero-order chi connectivity index (χ0) is 13.4. The van der Waals surface area contributed by atoms with Gasteiger partial charge >= 0.3 is 5.97 Å². The first kappa shape index (κ1) is 12.6. The van der Waals surface area contributed by atoms with Gasteiger partial charge < -0.3 is 10.4 Å². The number of carbonyl (C=O) groups is 2. The van der Waals surface area contributed by atoms with Gasteiger partial charge in [0.15, 0.2) is 5.69 Å². The van der Waals surface area contributed by atoms with Crippen LogP contribution < -0.4 is 5.32 Å². The van der Waals surface area contributed by atoms with Crippen molar-refractivity contribution in [2.24, 2.45) is 17.8 Å². The molecule has 2 fully saturated rings. The van der Waals surface area contributed by atoms with Crippen molar-refractivity contribution in [2.45, 2.75) is 32.2 Å². The summed E-state index contributed by atoms with van der Waals surface area (Å²) in [6.45, 7) is 0.340. The highest BCUT2D eigenvalue weighted by Crippen LogP contribution is 2.55. The van der Waals surface area contributed by atoms with Gasteiger partial charge in [-0.05, 0) is 24.7 Å². The lowest BCUT2D eigenvalue weighted by atomic mass is 10.0. The minimum absolute atomic E-state index is 0.0503. The second kappa shape index (κ2) is 4.92. The summed E-state index contributed by atoms with van der Waals surface area (Å²) < 4.78 is 0. The van der Waals surface area contributed by atoms with Crippen molar-refractivity contribution < 1.29 is 14.7 Å². The van der Waals surface area contributed by atoms with E-state index in [0.717, 1.165) is 0 Å². The number of rotatable bonds is 4. The van der Waals surface area contributed by atoms with Gasteiger partial charge in [0.1, 0.15) is 5.01 Å². The molecule has 1 aromatic rings. The van der Waals surface area contributed by atoms with Crippen LogP contribution in [0.4, 0.5) is 0 Å². The summed E-state index contributed by atoms with van der Waals surface area (Å²) in [6.07, 6.45) is 4.87. The summed E-state index contributed by atoms with van der Waals surface area (Å²) in [5.41, 5.74) is 0.0503. The third-order valence-electron chi connectivity index (χ3n) is 4.14. The fraction of sp³-hybridized carbons (Fsp3) is 0.615. The molecule has 1 amide bonds. The number of hydrogen-bond donors (Lipinski definition) is 2. The van der Waals surface area contributed by atoms with E-state index in [-0.39, 0.29) is 17.5 Å². The van der Waals surface area contributed by atoms with Gasteiger partial charge in [0, 0.05) is 11.3 Å². The third kappa shape index (κ3) is 2.49. The number of fused-ring (bicyclic) bond motifs is 1. The number of carboxylic acid groups (broad SMARTS) is 1. The molecule has 3 rings (SSSR count). The number of hydrogen-bond acceptors (Lipinski definition) is 4. The van der Waals surface area contributed by atoms with Gasteiger partial charge in [-0.2, -0.15) is 0 Å². The molecule has 1 unspecified atom stereocenters. The lowest BCUT2D eigenvalue weighted by molar-refractivity contribution is -0.123. The lowest BCUT2D eigenvalue weighted by Crippen LogP contribution is -2.25. The smallest absolute Gasteiger partial charge is 0.355 e. The summed E-state index contributed by atoms with van der Waals surface area (Å²) in [7, 11) is 0. The second-order valence-corrected chi connectivity index (χ2v) is 6.23. The molecule has 0 saturated heterocycles. The van der Waals surface area contributed by atoms with Crippen molar-refractivity contribution in [1.82, 2.24) is 10.3 Å². The fourth-order valence-electron chi connectivity index (χ4n) is 3.15. The maximum Gasteiger partial charge on any atom is 0.355 e. The number of carboxylic acids is 1. The number of carbonyl (C=O) groups excluding carboxylic acids is 1. The van der Waals surface area contributed by atoms with Crippen molar-refractivity contribution in [2.75, 3.05) is 0 Å². The van der Waals surface area contributed by atoms with Crippen molar-refractivity contribution >= 4 is 23.2 Å². The Labute approximate surface area is 115 Å². The van der Waals surface area contributed by atoms with E-state index in [1.165, 1.54) is 42.4 Å². The van der Waals surface area contributed by atoms with Gasteiger partial charge in [0.25, 0.3) is 0 Å². The molecule has 6 heteroatoms. The van der Waals surface area contributed by atoms with Crippen LogP contribution in [0.1, 0.15) is 41.2 Å². The van der Waals surface area contributed by atoms with Crippen LogP contribution in [0.15, 0.2) is 5.38 Å². The van der Waals surface area contributed by atoms with E-state index in [2.05, 4.69) is 10.3 Å². The zero-order valence-corrected chi connectivity index (χ0v) is 11.3. The third-order valence-corrected chi connectivity index (χ3v) is 4.99. The van der Waals surface area contributed by atoms with E-state index in [0.29, 0.717) is 23.4 Å². The molecular weight excluding hydrogens is 264 g/mol. The molecule has 102 valence electrons. The van der Waals surface area contributed by atoms with Crippen LogP contribution in [0.2, 0.25) is 0 Å². The maximum absolute atomic E-state index is 12.0. The van der Waals surface area contributed by atoms with Crippen LogP contribution in [-0.2, 0) is 11.3 Å². The molecule has 2 aliphatic carbocycles. The first-order valence-corrected chi connectivity index (χ1v) is 7.50. The molecule has 1 aromatic heterocycles. The molecule has 1 heterocycles. The Morgan fingerprint density at radius 1 is 1.37 bits per heavy atom. The zero-order valence-electron chi connectivity index (χ0n) is 10.5. The Hall–Kier alpha value is -1.43. The number of amides is 1. The van der Waals surface area contributed by atoms with Crippen molar-refractivity contribution in [3.8, 4) is 0 Å². The fourth-order valence-corrected chi connectivity index (χ4v) is 3.86. The van der Waals surface area contributed by atoms with Gasteiger partial charge in [-0.25, -0.2) is 9.78 Å². The Kier molecular flexibility index (Phi) is 3.26. The highest BCUT2D eigenvalue weighted by Gasteiger charge is 2.54. The highest BCUT2D eigenvalue weighted by atomic mass is 32.1. The monoisotopic (exact) mass is 280 g/mol. The molecule has 0 radical (unpaired) electrons. The van der Waals surface area contributed by atoms with Crippen LogP contribution in [0, 0.1) is 17.8 Å². The lowest BCUT2D eigenvalue weighted by Gasteiger charge is -2.04. The SMILES string of the molecule is O=C(O)c1csc(CNC(=O)C2[C@H]3CCCC[C@@H]23)n1. The van der Waals surface area contributed by atoms with E-state index < -0.39 is 5.97 Å². The molecule has 2 aliphatic rings. The molecule has 2 saturated carbocycles. The van der Waals surface area contributed by atoms with E-state index in [4.69, 9.17) is 5.11 Å². The van der Waals surface area contributed by atoms with Crippen molar-refractivity contribution in [3.05, 3.63) is 16.1 Å². The summed E-state index contributed by atoms with van der Waals surface area (Å²) in [5.74, 6) is 0.478. The van der Waals surface area contributed by atoms with E-state index in [1.54, 1.807) is 0 Å². The minimum Gasteiger partial charge on any atom is -0.476 e. The first-order valence-electron chi connectivity index (χ1n) is 6.62. The van der Waals surface area contributed by atoms with Crippen LogP contribution in [-0.4, -0.2) is 22.0 Å². The van der Waals surface area contributed by atoms with Crippen LogP contribution >= 0.6 is 11.3 Å². The second-order valence-electron chi connectivity index (χ2n) is 5.29. The topological polar surface area (TPSA) is 79.3 Å². The number of aromatic carboxylic acids is 1. The van der Waals surface area contributed by atoms with Gasteiger partial charge in [-0.15, -0.1) is 11.3 Å². The quantitative estimate of drug-likeness (QED) is 0.882. The van der Waals surface area contributed by atoms with Gasteiger partial charge in [-0.3, -0.25) is 4.79 Å². The highest BCUT2D eigenvalue weighted by molar-refractivity contribution is 7.09. The Bertz CT molecular complexity index is 502. The minimum atomic E-state index is -1.03. The predicted octanol–water partition coefficient (Wildman–Crippen LogP) is 1.89.